The molecule has 2 heterocycles. The van der Waals surface area contributed by atoms with Gasteiger partial charge in [0.05, 0.1) is 19.3 Å². The minimum absolute atomic E-state index is 0.0909. The highest BCUT2D eigenvalue weighted by atomic mass is 16.5. The first-order valence-corrected chi connectivity index (χ1v) is 6.34. The quantitative estimate of drug-likeness (QED) is 0.714. The first-order valence-electron chi connectivity index (χ1n) is 6.34. The summed E-state index contributed by atoms with van der Waals surface area (Å²) in [6.07, 6.45) is 2.09. The van der Waals surface area contributed by atoms with Crippen LogP contribution in [0.2, 0.25) is 0 Å². The number of rotatable bonds is 8. The SMILES string of the molecule is COCCc1noc(CN(C)Cc2cn[nH]c2C(=O)O)n1. The average molecular weight is 295 g/mol. The second-order valence-electron chi connectivity index (χ2n) is 4.59. The number of H-pyrrole nitrogens is 1. The number of carbonyl (C=O) groups is 1. The molecule has 2 N–H and O–H groups in total. The Morgan fingerprint density at radius 3 is 3.05 bits per heavy atom. The van der Waals surface area contributed by atoms with Gasteiger partial charge in [-0.25, -0.2) is 4.79 Å². The van der Waals surface area contributed by atoms with Crippen LogP contribution >= 0.6 is 0 Å². The van der Waals surface area contributed by atoms with Gasteiger partial charge in [-0.15, -0.1) is 0 Å². The number of nitrogens with one attached hydrogen (secondary N) is 1. The lowest BCUT2D eigenvalue weighted by Crippen LogP contribution is -2.18. The molecule has 2 rings (SSSR count). The molecule has 0 unspecified atom stereocenters. The number of methoxy groups -OCH3 is 1. The number of aromatic amines is 1. The number of ether oxygens (including phenoxy) is 1. The lowest BCUT2D eigenvalue weighted by atomic mass is 10.2. The van der Waals surface area contributed by atoms with Gasteiger partial charge in [0.25, 0.3) is 0 Å². The normalized spacial score (nSPS) is 11.2. The average Bonchev–Trinajstić information content (AvgIpc) is 3.05. The third kappa shape index (κ3) is 4.10. The molecule has 0 aliphatic carbocycles. The zero-order valence-electron chi connectivity index (χ0n) is 11.9. The van der Waals surface area contributed by atoms with Crippen molar-refractivity contribution in [3.63, 3.8) is 0 Å². The minimum Gasteiger partial charge on any atom is -0.477 e. The first kappa shape index (κ1) is 15.1. The summed E-state index contributed by atoms with van der Waals surface area (Å²) in [6, 6.07) is 0. The summed E-state index contributed by atoms with van der Waals surface area (Å²) in [4.78, 5) is 17.1. The molecule has 0 saturated heterocycles. The predicted octanol–water partition coefficient (Wildman–Crippen LogP) is 0.312. The maximum atomic E-state index is 11.0. The van der Waals surface area contributed by atoms with Gasteiger partial charge in [-0.1, -0.05) is 5.16 Å². The van der Waals surface area contributed by atoms with E-state index in [4.69, 9.17) is 14.4 Å². The number of aromatic carboxylic acids is 1. The molecule has 9 heteroatoms. The van der Waals surface area contributed by atoms with E-state index in [1.54, 1.807) is 7.11 Å². The van der Waals surface area contributed by atoms with Crippen molar-refractivity contribution in [2.75, 3.05) is 20.8 Å². The molecule has 21 heavy (non-hydrogen) atoms. The van der Waals surface area contributed by atoms with E-state index in [2.05, 4.69) is 20.3 Å². The first-order chi connectivity index (χ1) is 10.1. The summed E-state index contributed by atoms with van der Waals surface area (Å²) >= 11 is 0. The summed E-state index contributed by atoms with van der Waals surface area (Å²) < 4.78 is 10.1. The van der Waals surface area contributed by atoms with E-state index < -0.39 is 5.97 Å². The highest BCUT2D eigenvalue weighted by Gasteiger charge is 2.15. The van der Waals surface area contributed by atoms with E-state index in [0.29, 0.717) is 43.4 Å². The van der Waals surface area contributed by atoms with Crippen LogP contribution in [-0.2, 0) is 24.2 Å². The number of aromatic nitrogens is 4. The van der Waals surface area contributed by atoms with Crippen molar-refractivity contribution in [2.45, 2.75) is 19.5 Å². The Kier molecular flexibility index (Phi) is 5.01. The van der Waals surface area contributed by atoms with Crippen molar-refractivity contribution in [1.82, 2.24) is 25.2 Å². The lowest BCUT2D eigenvalue weighted by Gasteiger charge is -2.13. The Hall–Kier alpha value is -2.26. The van der Waals surface area contributed by atoms with Gasteiger partial charge in [0.15, 0.2) is 5.82 Å². The van der Waals surface area contributed by atoms with Gasteiger partial charge >= 0.3 is 5.97 Å². The highest BCUT2D eigenvalue weighted by Crippen LogP contribution is 2.10. The number of carboxylic acid groups (broad SMARTS) is 1. The van der Waals surface area contributed by atoms with E-state index in [1.807, 2.05) is 11.9 Å². The zero-order valence-corrected chi connectivity index (χ0v) is 11.9. The van der Waals surface area contributed by atoms with Crippen molar-refractivity contribution in [3.8, 4) is 0 Å². The van der Waals surface area contributed by atoms with Crippen molar-refractivity contribution in [1.29, 1.82) is 0 Å². The third-order valence-corrected chi connectivity index (χ3v) is 2.82. The van der Waals surface area contributed by atoms with Crippen LogP contribution in [0.5, 0.6) is 0 Å². The predicted molar refractivity (Wildman–Crippen MR) is 70.6 cm³/mol. The second kappa shape index (κ2) is 6.95. The Bertz CT molecular complexity index is 594. The Morgan fingerprint density at radius 1 is 1.52 bits per heavy atom. The van der Waals surface area contributed by atoms with Crippen LogP contribution in [0.25, 0.3) is 0 Å². The fraction of sp³-hybridized carbons (Fsp3) is 0.500. The molecule has 0 bridgehead atoms. The van der Waals surface area contributed by atoms with E-state index in [1.165, 1.54) is 6.20 Å². The molecular formula is C12H17N5O4. The van der Waals surface area contributed by atoms with Crippen LogP contribution in [0.1, 0.15) is 27.8 Å². The summed E-state index contributed by atoms with van der Waals surface area (Å²) in [7, 11) is 3.44. The van der Waals surface area contributed by atoms with Crippen molar-refractivity contribution in [3.05, 3.63) is 29.2 Å². The topological polar surface area (TPSA) is 117 Å². The van der Waals surface area contributed by atoms with E-state index >= 15 is 0 Å². The third-order valence-electron chi connectivity index (χ3n) is 2.82. The zero-order chi connectivity index (χ0) is 15.2. The van der Waals surface area contributed by atoms with Gasteiger partial charge in [0.1, 0.15) is 5.69 Å². The Morgan fingerprint density at radius 2 is 2.33 bits per heavy atom. The van der Waals surface area contributed by atoms with E-state index in [0.717, 1.165) is 0 Å². The molecule has 0 fully saturated rings. The maximum absolute atomic E-state index is 11.0. The fourth-order valence-electron chi connectivity index (χ4n) is 1.84. The van der Waals surface area contributed by atoms with Gasteiger partial charge in [-0.05, 0) is 7.05 Å². The molecule has 2 aromatic heterocycles. The molecule has 9 nitrogen and oxygen atoms in total. The molecule has 0 aliphatic rings. The van der Waals surface area contributed by atoms with Crippen LogP contribution in [0.3, 0.4) is 0 Å². The van der Waals surface area contributed by atoms with Gasteiger partial charge in [0.2, 0.25) is 5.89 Å². The van der Waals surface area contributed by atoms with Crippen molar-refractivity contribution >= 4 is 5.97 Å². The second-order valence-corrected chi connectivity index (χ2v) is 4.59. The Balaban J connectivity index is 1.92. The largest absolute Gasteiger partial charge is 0.477 e. The molecule has 114 valence electrons. The number of hydrogen-bond acceptors (Lipinski definition) is 7. The van der Waals surface area contributed by atoms with Crippen molar-refractivity contribution < 1.29 is 19.2 Å². The van der Waals surface area contributed by atoms with E-state index in [9.17, 15) is 4.79 Å². The minimum atomic E-state index is -1.03. The number of carboxylic acids is 1. The number of hydrogen-bond donors (Lipinski definition) is 2. The van der Waals surface area contributed by atoms with Crippen LogP contribution in [0, 0.1) is 0 Å². The Labute approximate surface area is 120 Å². The van der Waals surface area contributed by atoms with Crippen LogP contribution in [0.4, 0.5) is 0 Å². The highest BCUT2D eigenvalue weighted by molar-refractivity contribution is 5.86. The molecule has 0 spiro atoms. The van der Waals surface area contributed by atoms with Crippen LogP contribution in [-0.4, -0.2) is 57.1 Å². The van der Waals surface area contributed by atoms with Gasteiger partial charge in [-0.3, -0.25) is 10.00 Å². The fourth-order valence-corrected chi connectivity index (χ4v) is 1.84. The monoisotopic (exact) mass is 295 g/mol. The lowest BCUT2D eigenvalue weighted by molar-refractivity contribution is 0.0688. The molecule has 0 amide bonds. The van der Waals surface area contributed by atoms with Crippen LogP contribution < -0.4 is 0 Å². The molecule has 0 atom stereocenters. The molecule has 0 aliphatic heterocycles. The summed E-state index contributed by atoms with van der Waals surface area (Å²) in [5.74, 6) is 0.0364. The van der Waals surface area contributed by atoms with Crippen molar-refractivity contribution in [2.24, 2.45) is 0 Å². The van der Waals surface area contributed by atoms with E-state index in [-0.39, 0.29) is 5.69 Å². The maximum Gasteiger partial charge on any atom is 0.354 e. The summed E-state index contributed by atoms with van der Waals surface area (Å²) in [5.41, 5.74) is 0.692. The summed E-state index contributed by atoms with van der Waals surface area (Å²) in [5, 5.41) is 19.0. The molecular weight excluding hydrogens is 278 g/mol. The standard InChI is InChI=1S/C12H17N5O4/c1-17(6-8-5-13-15-11(8)12(18)19)7-10-14-9(16-21-10)3-4-20-2/h5H,3-4,6-7H2,1-2H3,(H,13,15)(H,18,19). The molecule has 0 saturated carbocycles. The molecule has 0 aromatic carbocycles. The number of nitrogens with zero attached hydrogens (tertiary/aromatic N) is 4. The van der Waals surface area contributed by atoms with Crippen LogP contribution in [0.15, 0.2) is 10.7 Å². The summed E-state index contributed by atoms with van der Waals surface area (Å²) in [6.45, 7) is 1.37. The molecule has 2 aromatic rings. The van der Waals surface area contributed by atoms with Gasteiger partial charge in [-0.2, -0.15) is 10.1 Å². The molecule has 0 radical (unpaired) electrons. The van der Waals surface area contributed by atoms with Gasteiger partial charge < -0.3 is 14.4 Å². The van der Waals surface area contributed by atoms with Gasteiger partial charge in [0, 0.05) is 25.6 Å². The smallest absolute Gasteiger partial charge is 0.354 e.